The summed E-state index contributed by atoms with van der Waals surface area (Å²) in [4.78, 5) is 0. The fraction of sp³-hybridized carbons (Fsp3) is 0.556. The van der Waals surface area contributed by atoms with E-state index < -0.39 is 23.7 Å². The number of hydrogen-bond acceptors (Lipinski definition) is 1. The quantitative estimate of drug-likeness (QED) is 0.334. The fourth-order valence-corrected chi connectivity index (χ4v) is 4.80. The first-order valence-electron chi connectivity index (χ1n) is 11.9. The molecule has 1 fully saturated rings. The van der Waals surface area contributed by atoms with Crippen molar-refractivity contribution in [2.75, 3.05) is 0 Å². The highest BCUT2D eigenvalue weighted by Crippen LogP contribution is 2.35. The van der Waals surface area contributed by atoms with E-state index in [1.54, 1.807) is 12.1 Å². The van der Waals surface area contributed by atoms with Crippen molar-refractivity contribution in [1.29, 1.82) is 0 Å². The lowest BCUT2D eigenvalue weighted by Gasteiger charge is -2.28. The van der Waals surface area contributed by atoms with Gasteiger partial charge in [0.2, 0.25) is 5.75 Å². The van der Waals surface area contributed by atoms with E-state index in [0.717, 1.165) is 48.3 Å². The molecule has 2 aromatic rings. The Morgan fingerprint density at radius 2 is 1.39 bits per heavy atom. The fourth-order valence-electron chi connectivity index (χ4n) is 4.80. The van der Waals surface area contributed by atoms with E-state index in [0.29, 0.717) is 5.56 Å². The molecule has 1 aliphatic carbocycles. The number of rotatable bonds is 9. The summed E-state index contributed by atoms with van der Waals surface area (Å²) < 4.78 is 68.4. The van der Waals surface area contributed by atoms with Crippen LogP contribution in [0.3, 0.4) is 0 Å². The molecule has 33 heavy (non-hydrogen) atoms. The Bertz CT molecular complexity index is 857. The van der Waals surface area contributed by atoms with Crippen LogP contribution in [-0.4, -0.2) is 6.36 Å². The van der Waals surface area contributed by atoms with Gasteiger partial charge in [-0.25, -0.2) is 8.78 Å². The first kappa shape index (κ1) is 25.5. The van der Waals surface area contributed by atoms with E-state index >= 15 is 0 Å². The van der Waals surface area contributed by atoms with Crippen molar-refractivity contribution in [3.05, 3.63) is 53.6 Å². The van der Waals surface area contributed by atoms with Crippen LogP contribution in [0.25, 0.3) is 11.1 Å². The monoisotopic (exact) mass is 468 g/mol. The number of benzene rings is 2. The number of alkyl halides is 3. The molecule has 1 saturated carbocycles. The Hall–Kier alpha value is -2.11. The zero-order valence-electron chi connectivity index (χ0n) is 19.4. The molecule has 1 aliphatic rings. The van der Waals surface area contributed by atoms with Crippen LogP contribution in [0.15, 0.2) is 36.4 Å². The lowest BCUT2D eigenvalue weighted by Crippen LogP contribution is -2.19. The predicted molar refractivity (Wildman–Crippen MR) is 121 cm³/mol. The summed E-state index contributed by atoms with van der Waals surface area (Å²) in [6.45, 7) is 4.56. The number of ether oxygens (including phenoxy) is 1. The summed E-state index contributed by atoms with van der Waals surface area (Å²) in [6, 6.07) is 9.06. The molecule has 6 heteroatoms. The third-order valence-electron chi connectivity index (χ3n) is 6.70. The maximum Gasteiger partial charge on any atom is 0.573 e. The van der Waals surface area contributed by atoms with Crippen LogP contribution in [0.4, 0.5) is 22.0 Å². The van der Waals surface area contributed by atoms with Crippen LogP contribution < -0.4 is 4.74 Å². The SMILES string of the molecule is CC(C)CCCC1CCC(CCc2ccc(-c3cc(F)c(OC(F)(F)F)c(F)c3)cc2)CC1. The van der Waals surface area contributed by atoms with E-state index in [1.807, 2.05) is 12.1 Å². The number of halogens is 5. The largest absolute Gasteiger partial charge is 0.573 e. The normalized spacial score (nSPS) is 19.2. The molecule has 0 atom stereocenters. The molecule has 0 amide bonds. The Morgan fingerprint density at radius 1 is 0.848 bits per heavy atom. The molecule has 0 N–H and O–H groups in total. The molecule has 0 heterocycles. The van der Waals surface area contributed by atoms with Crippen LogP contribution in [0, 0.1) is 29.4 Å². The highest BCUT2D eigenvalue weighted by Gasteiger charge is 2.34. The van der Waals surface area contributed by atoms with Gasteiger partial charge >= 0.3 is 6.36 Å². The van der Waals surface area contributed by atoms with Gasteiger partial charge in [-0.3, -0.25) is 0 Å². The van der Waals surface area contributed by atoms with Crippen molar-refractivity contribution in [3.63, 3.8) is 0 Å². The average Bonchev–Trinajstić information content (AvgIpc) is 2.75. The molecular weight excluding hydrogens is 435 g/mol. The summed E-state index contributed by atoms with van der Waals surface area (Å²) in [5, 5.41) is 0. The minimum absolute atomic E-state index is 0.168. The van der Waals surface area contributed by atoms with Crippen LogP contribution >= 0.6 is 0 Å². The molecule has 0 radical (unpaired) electrons. The average molecular weight is 469 g/mol. The van der Waals surface area contributed by atoms with Crippen LogP contribution in [-0.2, 0) is 6.42 Å². The van der Waals surface area contributed by atoms with Gasteiger partial charge in [0.05, 0.1) is 0 Å². The Balaban J connectivity index is 1.50. The van der Waals surface area contributed by atoms with Gasteiger partial charge in [-0.2, -0.15) is 0 Å². The minimum atomic E-state index is -5.15. The predicted octanol–water partition coefficient (Wildman–Crippen LogP) is 9.10. The van der Waals surface area contributed by atoms with Gasteiger partial charge in [0, 0.05) is 0 Å². The summed E-state index contributed by atoms with van der Waals surface area (Å²) in [7, 11) is 0. The molecule has 0 unspecified atom stereocenters. The Kier molecular flexibility index (Phi) is 8.77. The standard InChI is InChI=1S/C27H33F5O/c1-18(2)4-3-5-19-6-8-20(9-7-19)10-11-21-12-14-22(15-13-21)23-16-24(28)26(25(29)17-23)33-27(30,31)32/h12-20H,3-11H2,1-2H3. The maximum atomic E-state index is 14.0. The third kappa shape index (κ3) is 8.01. The minimum Gasteiger partial charge on any atom is -0.399 e. The van der Waals surface area contributed by atoms with Crippen molar-refractivity contribution in [3.8, 4) is 16.9 Å². The Morgan fingerprint density at radius 3 is 1.91 bits per heavy atom. The van der Waals surface area contributed by atoms with Gasteiger partial charge < -0.3 is 4.74 Å². The van der Waals surface area contributed by atoms with E-state index in [1.165, 1.54) is 44.9 Å². The summed E-state index contributed by atoms with van der Waals surface area (Å²) >= 11 is 0. The molecule has 2 aromatic carbocycles. The molecule has 1 nitrogen and oxygen atoms in total. The molecule has 0 aromatic heterocycles. The first-order valence-corrected chi connectivity index (χ1v) is 11.9. The number of hydrogen-bond donors (Lipinski definition) is 0. The molecule has 182 valence electrons. The Labute approximate surface area is 193 Å². The molecule has 3 rings (SSSR count). The molecule has 0 aliphatic heterocycles. The summed E-state index contributed by atoms with van der Waals surface area (Å²) in [5.74, 6) is -1.79. The third-order valence-corrected chi connectivity index (χ3v) is 6.70. The molecular formula is C27H33F5O. The highest BCUT2D eigenvalue weighted by molar-refractivity contribution is 5.65. The van der Waals surface area contributed by atoms with Gasteiger partial charge in [0.1, 0.15) is 0 Å². The maximum absolute atomic E-state index is 14.0. The first-order chi connectivity index (χ1) is 15.6. The molecule has 0 spiro atoms. The van der Waals surface area contributed by atoms with E-state index in [9.17, 15) is 22.0 Å². The van der Waals surface area contributed by atoms with Crippen molar-refractivity contribution in [1.82, 2.24) is 0 Å². The highest BCUT2D eigenvalue weighted by atomic mass is 19.4. The lowest BCUT2D eigenvalue weighted by molar-refractivity contribution is -0.276. The van der Waals surface area contributed by atoms with Gasteiger partial charge in [-0.1, -0.05) is 83.1 Å². The van der Waals surface area contributed by atoms with Crippen LogP contribution in [0.5, 0.6) is 5.75 Å². The van der Waals surface area contributed by atoms with E-state index in [2.05, 4.69) is 18.6 Å². The second kappa shape index (κ2) is 11.3. The van der Waals surface area contributed by atoms with Gasteiger partial charge in [-0.15, -0.1) is 13.2 Å². The zero-order chi connectivity index (χ0) is 24.0. The van der Waals surface area contributed by atoms with E-state index in [4.69, 9.17) is 0 Å². The second-order valence-electron chi connectivity index (χ2n) is 9.76. The molecule has 0 bridgehead atoms. The van der Waals surface area contributed by atoms with Crippen molar-refractivity contribution in [2.24, 2.45) is 17.8 Å². The van der Waals surface area contributed by atoms with Gasteiger partial charge in [0.15, 0.2) is 11.6 Å². The van der Waals surface area contributed by atoms with Crippen molar-refractivity contribution >= 4 is 0 Å². The summed E-state index contributed by atoms with van der Waals surface area (Å²) in [6.07, 6.45) is 6.17. The topological polar surface area (TPSA) is 9.23 Å². The van der Waals surface area contributed by atoms with Crippen LogP contribution in [0.2, 0.25) is 0 Å². The lowest BCUT2D eigenvalue weighted by atomic mass is 9.77. The number of aryl methyl sites for hydroxylation is 1. The van der Waals surface area contributed by atoms with Gasteiger partial charge in [0.25, 0.3) is 0 Å². The van der Waals surface area contributed by atoms with Crippen LogP contribution in [0.1, 0.15) is 70.8 Å². The molecule has 0 saturated heterocycles. The van der Waals surface area contributed by atoms with E-state index in [-0.39, 0.29) is 5.56 Å². The summed E-state index contributed by atoms with van der Waals surface area (Å²) in [5.41, 5.74) is 1.86. The zero-order valence-corrected chi connectivity index (χ0v) is 19.4. The van der Waals surface area contributed by atoms with Crippen molar-refractivity contribution in [2.45, 2.75) is 78.0 Å². The smallest absolute Gasteiger partial charge is 0.399 e. The van der Waals surface area contributed by atoms with Crippen molar-refractivity contribution < 1.29 is 26.7 Å². The van der Waals surface area contributed by atoms with Gasteiger partial charge in [-0.05, 0) is 59.4 Å². The second-order valence-corrected chi connectivity index (χ2v) is 9.76.